The number of benzene rings is 1. The van der Waals surface area contributed by atoms with Crippen LogP contribution in [0.1, 0.15) is 5.69 Å². The molecule has 0 saturated carbocycles. The Morgan fingerprint density at radius 3 is 2.58 bits per heavy atom. The first kappa shape index (κ1) is 14.2. The van der Waals surface area contributed by atoms with Crippen LogP contribution in [0.3, 0.4) is 0 Å². The molecular formula is C13H14Cl2N2O2. The number of hydrogen-bond donors (Lipinski definition) is 1. The first-order chi connectivity index (χ1) is 9.06. The van der Waals surface area contributed by atoms with Gasteiger partial charge in [-0.3, -0.25) is 4.68 Å². The molecule has 19 heavy (non-hydrogen) atoms. The van der Waals surface area contributed by atoms with Crippen molar-refractivity contribution in [3.8, 4) is 5.75 Å². The lowest BCUT2D eigenvalue weighted by molar-refractivity contribution is 0.0888. The summed E-state index contributed by atoms with van der Waals surface area (Å²) < 4.78 is 7.11. The van der Waals surface area contributed by atoms with Crippen LogP contribution in [-0.2, 0) is 6.54 Å². The van der Waals surface area contributed by atoms with Crippen LogP contribution in [0.25, 0.3) is 0 Å². The second-order valence-corrected chi connectivity index (χ2v) is 5.02. The van der Waals surface area contributed by atoms with E-state index in [1.807, 2.05) is 6.92 Å². The van der Waals surface area contributed by atoms with Gasteiger partial charge in [0, 0.05) is 5.02 Å². The van der Waals surface area contributed by atoms with Crippen molar-refractivity contribution < 1.29 is 9.84 Å². The van der Waals surface area contributed by atoms with Crippen LogP contribution >= 0.6 is 23.2 Å². The van der Waals surface area contributed by atoms with Gasteiger partial charge in [-0.15, -0.1) is 0 Å². The fourth-order valence-electron chi connectivity index (χ4n) is 1.58. The molecule has 1 heterocycles. The minimum absolute atomic E-state index is 0.179. The Morgan fingerprint density at radius 1 is 1.32 bits per heavy atom. The summed E-state index contributed by atoms with van der Waals surface area (Å²) >= 11 is 11.7. The van der Waals surface area contributed by atoms with E-state index in [0.717, 1.165) is 5.69 Å². The molecule has 0 fully saturated rings. The van der Waals surface area contributed by atoms with Crippen molar-refractivity contribution in [2.75, 3.05) is 6.61 Å². The van der Waals surface area contributed by atoms with Gasteiger partial charge in [0.2, 0.25) is 0 Å². The molecule has 1 atom stereocenters. The summed E-state index contributed by atoms with van der Waals surface area (Å²) in [4.78, 5) is 0. The molecule has 0 saturated heterocycles. The summed E-state index contributed by atoms with van der Waals surface area (Å²) in [6, 6.07) is 6.98. The van der Waals surface area contributed by atoms with E-state index in [0.29, 0.717) is 22.3 Å². The predicted molar refractivity (Wildman–Crippen MR) is 74.9 cm³/mol. The van der Waals surface area contributed by atoms with Crippen LogP contribution in [0.4, 0.5) is 0 Å². The number of aliphatic hydroxyl groups excluding tert-OH is 1. The number of nitrogens with zero attached hydrogens (tertiary/aromatic N) is 2. The number of aliphatic hydroxyl groups is 1. The zero-order chi connectivity index (χ0) is 13.8. The molecule has 102 valence electrons. The van der Waals surface area contributed by atoms with E-state index in [4.69, 9.17) is 27.9 Å². The van der Waals surface area contributed by atoms with Crippen LogP contribution in [-0.4, -0.2) is 27.6 Å². The summed E-state index contributed by atoms with van der Waals surface area (Å²) in [6.07, 6.45) is 0.897. The summed E-state index contributed by atoms with van der Waals surface area (Å²) in [5.74, 6) is 0.665. The molecule has 0 bridgehead atoms. The maximum atomic E-state index is 9.90. The van der Waals surface area contributed by atoms with E-state index in [1.165, 1.54) is 0 Å². The van der Waals surface area contributed by atoms with E-state index >= 15 is 0 Å². The minimum atomic E-state index is -0.662. The lowest BCUT2D eigenvalue weighted by Crippen LogP contribution is -2.24. The Kier molecular flexibility index (Phi) is 4.69. The Labute approximate surface area is 121 Å². The van der Waals surface area contributed by atoms with Crippen molar-refractivity contribution >= 4 is 23.2 Å². The smallest absolute Gasteiger partial charge is 0.119 e. The monoisotopic (exact) mass is 300 g/mol. The van der Waals surface area contributed by atoms with Crippen molar-refractivity contribution in [2.24, 2.45) is 0 Å². The molecule has 0 radical (unpaired) electrons. The standard InChI is InChI=1S/C13H14Cl2N2O2/c1-9-13(15)6-16-17(9)7-11(18)8-19-12-4-2-10(14)3-5-12/h2-6,11,18H,7-8H2,1H3. The van der Waals surface area contributed by atoms with Gasteiger partial charge in [0.25, 0.3) is 0 Å². The van der Waals surface area contributed by atoms with Gasteiger partial charge in [-0.1, -0.05) is 23.2 Å². The molecule has 0 amide bonds. The number of rotatable bonds is 5. The molecular weight excluding hydrogens is 287 g/mol. The average Bonchev–Trinajstić information content (AvgIpc) is 2.70. The first-order valence-electron chi connectivity index (χ1n) is 5.80. The van der Waals surface area contributed by atoms with E-state index in [-0.39, 0.29) is 6.61 Å². The zero-order valence-electron chi connectivity index (χ0n) is 10.4. The van der Waals surface area contributed by atoms with Crippen LogP contribution < -0.4 is 4.74 Å². The summed E-state index contributed by atoms with van der Waals surface area (Å²) in [5.41, 5.74) is 0.826. The minimum Gasteiger partial charge on any atom is -0.491 e. The van der Waals surface area contributed by atoms with Gasteiger partial charge >= 0.3 is 0 Å². The van der Waals surface area contributed by atoms with Crippen LogP contribution in [0.2, 0.25) is 10.0 Å². The summed E-state index contributed by atoms with van der Waals surface area (Å²) in [7, 11) is 0. The molecule has 0 aliphatic carbocycles. The average molecular weight is 301 g/mol. The van der Waals surface area contributed by atoms with Crippen molar-refractivity contribution in [3.63, 3.8) is 0 Å². The third-order valence-electron chi connectivity index (χ3n) is 2.68. The van der Waals surface area contributed by atoms with Gasteiger partial charge in [-0.25, -0.2) is 0 Å². The topological polar surface area (TPSA) is 47.3 Å². The molecule has 0 spiro atoms. The molecule has 2 aromatic rings. The Bertz CT molecular complexity index is 540. The van der Waals surface area contributed by atoms with Crippen molar-refractivity contribution in [1.82, 2.24) is 9.78 Å². The number of ether oxygens (including phenoxy) is 1. The molecule has 4 nitrogen and oxygen atoms in total. The maximum Gasteiger partial charge on any atom is 0.119 e. The van der Waals surface area contributed by atoms with E-state index in [9.17, 15) is 5.11 Å². The first-order valence-corrected chi connectivity index (χ1v) is 6.56. The van der Waals surface area contributed by atoms with Crippen molar-refractivity contribution in [2.45, 2.75) is 19.6 Å². The zero-order valence-corrected chi connectivity index (χ0v) is 11.9. The fraction of sp³-hybridized carbons (Fsp3) is 0.308. The highest BCUT2D eigenvalue weighted by molar-refractivity contribution is 6.31. The van der Waals surface area contributed by atoms with Crippen molar-refractivity contribution in [3.05, 3.63) is 46.2 Å². The third-order valence-corrected chi connectivity index (χ3v) is 3.31. The lowest BCUT2D eigenvalue weighted by Gasteiger charge is -2.13. The highest BCUT2D eigenvalue weighted by atomic mass is 35.5. The quantitative estimate of drug-likeness (QED) is 0.923. The predicted octanol–water partition coefficient (Wildman–Crippen LogP) is 2.94. The highest BCUT2D eigenvalue weighted by Crippen LogP contribution is 2.16. The summed E-state index contributed by atoms with van der Waals surface area (Å²) in [6.45, 7) is 2.37. The molecule has 0 aliphatic heterocycles. The van der Waals surface area contributed by atoms with Gasteiger partial charge < -0.3 is 9.84 Å². The fourth-order valence-corrected chi connectivity index (χ4v) is 1.85. The van der Waals surface area contributed by atoms with Crippen LogP contribution in [0, 0.1) is 6.92 Å². The van der Waals surface area contributed by atoms with E-state index < -0.39 is 6.10 Å². The Balaban J connectivity index is 1.86. The Hall–Kier alpha value is -1.23. The number of halogens is 2. The molecule has 1 aromatic carbocycles. The normalized spacial score (nSPS) is 12.4. The van der Waals surface area contributed by atoms with E-state index in [1.54, 1.807) is 35.1 Å². The Morgan fingerprint density at radius 2 is 2.00 bits per heavy atom. The molecule has 6 heteroatoms. The van der Waals surface area contributed by atoms with Gasteiger partial charge in [0.1, 0.15) is 18.5 Å². The third kappa shape index (κ3) is 3.86. The SMILES string of the molecule is Cc1c(Cl)cnn1CC(O)COc1ccc(Cl)cc1. The van der Waals surface area contributed by atoms with E-state index in [2.05, 4.69) is 5.10 Å². The second-order valence-electron chi connectivity index (χ2n) is 4.18. The molecule has 2 rings (SSSR count). The summed E-state index contributed by atoms with van der Waals surface area (Å²) in [5, 5.41) is 15.2. The largest absolute Gasteiger partial charge is 0.491 e. The number of hydrogen-bond acceptors (Lipinski definition) is 3. The molecule has 1 unspecified atom stereocenters. The highest BCUT2D eigenvalue weighted by Gasteiger charge is 2.10. The molecule has 1 N–H and O–H groups in total. The van der Waals surface area contributed by atoms with Gasteiger partial charge in [0.15, 0.2) is 0 Å². The van der Waals surface area contributed by atoms with Gasteiger partial charge in [-0.2, -0.15) is 5.10 Å². The molecule has 0 aliphatic rings. The van der Waals surface area contributed by atoms with Crippen molar-refractivity contribution in [1.29, 1.82) is 0 Å². The second kappa shape index (κ2) is 6.28. The van der Waals surface area contributed by atoms with Crippen LogP contribution in [0.15, 0.2) is 30.5 Å². The molecule has 1 aromatic heterocycles. The van der Waals surface area contributed by atoms with Gasteiger partial charge in [-0.05, 0) is 31.2 Å². The number of aromatic nitrogens is 2. The maximum absolute atomic E-state index is 9.90. The lowest BCUT2D eigenvalue weighted by atomic mass is 10.3. The van der Waals surface area contributed by atoms with Gasteiger partial charge in [0.05, 0.1) is 23.5 Å². The van der Waals surface area contributed by atoms with Crippen LogP contribution in [0.5, 0.6) is 5.75 Å².